The Kier molecular flexibility index (Phi) is 1.66. The molecule has 1 fully saturated rings. The summed E-state index contributed by atoms with van der Waals surface area (Å²) in [7, 11) is -3.46. The quantitative estimate of drug-likeness (QED) is 0.682. The van der Waals surface area contributed by atoms with E-state index in [2.05, 4.69) is 10.3 Å². The summed E-state index contributed by atoms with van der Waals surface area (Å²) < 4.78 is 22.3. The van der Waals surface area contributed by atoms with E-state index >= 15 is 0 Å². The van der Waals surface area contributed by atoms with Gasteiger partial charge in [0.2, 0.25) is 5.17 Å². The first-order valence-electron chi connectivity index (χ1n) is 3.56. The maximum Gasteiger partial charge on any atom is 0.251 e. The second-order valence-corrected chi connectivity index (χ2v) is 5.23. The third-order valence-corrected chi connectivity index (χ3v) is 3.75. The summed E-state index contributed by atoms with van der Waals surface area (Å²) in [5, 5.41) is 2.53. The molecule has 0 unspecified atom stereocenters. The fourth-order valence-corrected chi connectivity index (χ4v) is 2.02. The lowest BCUT2D eigenvalue weighted by atomic mass is 10.7. The molecular formula is C6H7ClN2O2S. The van der Waals surface area contributed by atoms with E-state index in [0.29, 0.717) is 0 Å². The Morgan fingerprint density at radius 1 is 1.58 bits per heavy atom. The molecule has 1 heterocycles. The molecule has 0 aromatic rings. The Balaban J connectivity index is 2.32. The lowest BCUT2D eigenvalue weighted by molar-refractivity contribution is 0.614. The SMILES string of the molecule is O=S1(=O)C(Cl)=CNC1=NC1CC1. The number of hydrogen-bond donors (Lipinski definition) is 1. The van der Waals surface area contributed by atoms with Crippen molar-refractivity contribution in [1.82, 2.24) is 5.32 Å². The zero-order chi connectivity index (χ0) is 8.77. The molecule has 0 aromatic heterocycles. The molecule has 2 aliphatic rings. The molecule has 4 nitrogen and oxygen atoms in total. The van der Waals surface area contributed by atoms with Gasteiger partial charge in [0.05, 0.1) is 6.04 Å². The van der Waals surface area contributed by atoms with Crippen LogP contribution in [0, 0.1) is 0 Å². The van der Waals surface area contributed by atoms with E-state index in [0.717, 1.165) is 12.8 Å². The number of halogens is 1. The van der Waals surface area contributed by atoms with Crippen LogP contribution in [0.3, 0.4) is 0 Å². The molecule has 0 aromatic carbocycles. The van der Waals surface area contributed by atoms with E-state index in [9.17, 15) is 8.42 Å². The normalized spacial score (nSPS) is 30.1. The van der Waals surface area contributed by atoms with E-state index < -0.39 is 9.84 Å². The van der Waals surface area contributed by atoms with E-state index in [1.54, 1.807) is 0 Å². The van der Waals surface area contributed by atoms with E-state index in [4.69, 9.17) is 11.6 Å². The fraction of sp³-hybridized carbons (Fsp3) is 0.500. The molecule has 2 rings (SSSR count). The molecule has 1 N–H and O–H groups in total. The predicted molar refractivity (Wildman–Crippen MR) is 46.4 cm³/mol. The minimum Gasteiger partial charge on any atom is -0.335 e. The zero-order valence-electron chi connectivity index (χ0n) is 6.12. The second kappa shape index (κ2) is 2.47. The highest BCUT2D eigenvalue weighted by Gasteiger charge is 2.32. The highest BCUT2D eigenvalue weighted by atomic mass is 35.5. The number of nitrogens with one attached hydrogen (secondary N) is 1. The van der Waals surface area contributed by atoms with Gasteiger partial charge >= 0.3 is 0 Å². The molecule has 1 aliphatic carbocycles. The summed E-state index contributed by atoms with van der Waals surface area (Å²) in [6.07, 6.45) is 3.19. The second-order valence-electron chi connectivity index (χ2n) is 2.76. The van der Waals surface area contributed by atoms with Gasteiger partial charge in [-0.1, -0.05) is 11.6 Å². The van der Waals surface area contributed by atoms with Crippen molar-refractivity contribution >= 4 is 26.6 Å². The monoisotopic (exact) mass is 206 g/mol. The van der Waals surface area contributed by atoms with Crippen LogP contribution in [-0.2, 0) is 9.84 Å². The molecule has 6 heteroatoms. The van der Waals surface area contributed by atoms with Crippen LogP contribution < -0.4 is 5.32 Å². The Morgan fingerprint density at radius 2 is 2.25 bits per heavy atom. The van der Waals surface area contributed by atoms with Gasteiger partial charge in [-0.25, -0.2) is 8.42 Å². The van der Waals surface area contributed by atoms with Gasteiger partial charge in [0.1, 0.15) is 0 Å². The van der Waals surface area contributed by atoms with Gasteiger partial charge in [0.15, 0.2) is 4.36 Å². The third kappa shape index (κ3) is 1.23. The van der Waals surface area contributed by atoms with Crippen molar-refractivity contribution in [2.75, 3.05) is 0 Å². The van der Waals surface area contributed by atoms with Crippen molar-refractivity contribution < 1.29 is 8.42 Å². The van der Waals surface area contributed by atoms with Crippen molar-refractivity contribution in [3.05, 3.63) is 10.6 Å². The average molecular weight is 207 g/mol. The Bertz CT molecular complexity index is 367. The van der Waals surface area contributed by atoms with Crippen LogP contribution in [0.15, 0.2) is 15.6 Å². The van der Waals surface area contributed by atoms with Crippen molar-refractivity contribution in [2.45, 2.75) is 18.9 Å². The summed E-state index contributed by atoms with van der Waals surface area (Å²) in [4.78, 5) is 3.97. The summed E-state index contributed by atoms with van der Waals surface area (Å²) in [6.45, 7) is 0. The molecule has 12 heavy (non-hydrogen) atoms. The van der Waals surface area contributed by atoms with Crippen molar-refractivity contribution in [3.8, 4) is 0 Å². The number of sulfone groups is 1. The van der Waals surface area contributed by atoms with Gasteiger partial charge < -0.3 is 5.32 Å². The van der Waals surface area contributed by atoms with Crippen molar-refractivity contribution in [1.29, 1.82) is 0 Å². The highest BCUT2D eigenvalue weighted by Crippen LogP contribution is 2.26. The molecule has 66 valence electrons. The smallest absolute Gasteiger partial charge is 0.251 e. The molecule has 0 bridgehead atoms. The van der Waals surface area contributed by atoms with Crippen LogP contribution in [0.1, 0.15) is 12.8 Å². The standard InChI is InChI=1S/C6H7ClN2O2S/c7-5-3-8-6(12(5,10)11)9-4-1-2-4/h3-4H,1-2H2,(H,8,9). The molecule has 1 aliphatic heterocycles. The van der Waals surface area contributed by atoms with E-state index in [1.807, 2.05) is 0 Å². The predicted octanol–water partition coefficient (Wildman–Crippen LogP) is 0.560. The lowest BCUT2D eigenvalue weighted by Gasteiger charge is -1.95. The fourth-order valence-electron chi connectivity index (χ4n) is 0.842. The molecular weight excluding hydrogens is 200 g/mol. The summed E-state index contributed by atoms with van der Waals surface area (Å²) in [5.74, 6) is 0. The lowest BCUT2D eigenvalue weighted by Crippen LogP contribution is -2.20. The van der Waals surface area contributed by atoms with Gasteiger partial charge in [-0.15, -0.1) is 0 Å². The van der Waals surface area contributed by atoms with Gasteiger partial charge in [-0.2, -0.15) is 0 Å². The average Bonchev–Trinajstić information content (AvgIpc) is 2.75. The molecule has 0 radical (unpaired) electrons. The van der Waals surface area contributed by atoms with Gasteiger partial charge in [0, 0.05) is 6.20 Å². The maximum absolute atomic E-state index is 11.3. The Hall–Kier alpha value is -0.550. The van der Waals surface area contributed by atoms with Crippen LogP contribution in [0.5, 0.6) is 0 Å². The first kappa shape index (κ1) is 8.07. The Morgan fingerprint density at radius 3 is 2.67 bits per heavy atom. The minimum absolute atomic E-state index is 0.00463. The van der Waals surface area contributed by atoms with Gasteiger partial charge in [0.25, 0.3) is 9.84 Å². The molecule has 0 spiro atoms. The zero-order valence-corrected chi connectivity index (χ0v) is 7.69. The van der Waals surface area contributed by atoms with Crippen LogP contribution in [0.2, 0.25) is 0 Å². The largest absolute Gasteiger partial charge is 0.335 e. The van der Waals surface area contributed by atoms with Gasteiger partial charge in [-0.3, -0.25) is 4.99 Å². The number of hydrogen-bond acceptors (Lipinski definition) is 3. The van der Waals surface area contributed by atoms with Crippen LogP contribution in [-0.4, -0.2) is 19.6 Å². The molecule has 1 saturated carbocycles. The third-order valence-electron chi connectivity index (χ3n) is 1.67. The maximum atomic E-state index is 11.3. The minimum atomic E-state index is -3.46. The van der Waals surface area contributed by atoms with Crippen LogP contribution in [0.4, 0.5) is 0 Å². The van der Waals surface area contributed by atoms with Crippen LogP contribution in [0.25, 0.3) is 0 Å². The summed E-state index contributed by atoms with van der Waals surface area (Å²) in [5.41, 5.74) is 0. The summed E-state index contributed by atoms with van der Waals surface area (Å²) >= 11 is 5.43. The van der Waals surface area contributed by atoms with Crippen molar-refractivity contribution in [2.24, 2.45) is 4.99 Å². The number of amidine groups is 1. The van der Waals surface area contributed by atoms with Crippen molar-refractivity contribution in [3.63, 3.8) is 0 Å². The van der Waals surface area contributed by atoms with Gasteiger partial charge in [-0.05, 0) is 12.8 Å². The highest BCUT2D eigenvalue weighted by molar-refractivity contribution is 8.11. The molecule has 0 amide bonds. The molecule has 0 atom stereocenters. The first-order chi connectivity index (χ1) is 5.60. The van der Waals surface area contributed by atoms with E-state index in [-0.39, 0.29) is 15.6 Å². The van der Waals surface area contributed by atoms with Crippen LogP contribution >= 0.6 is 11.6 Å². The number of rotatable bonds is 1. The number of aliphatic imine (C=N–C) groups is 1. The first-order valence-corrected chi connectivity index (χ1v) is 5.42. The van der Waals surface area contributed by atoms with E-state index in [1.165, 1.54) is 6.20 Å². The molecule has 0 saturated heterocycles. The summed E-state index contributed by atoms with van der Waals surface area (Å²) in [6, 6.07) is 0.179. The number of nitrogens with zero attached hydrogens (tertiary/aromatic N) is 1. The topological polar surface area (TPSA) is 58.5 Å². The Labute approximate surface area is 75.2 Å².